The Morgan fingerprint density at radius 3 is 2.89 bits per heavy atom. The molecule has 0 amide bonds. The molecule has 100 valence electrons. The van der Waals surface area contributed by atoms with E-state index in [1.807, 2.05) is 20.0 Å². The molecule has 5 heteroatoms. The summed E-state index contributed by atoms with van der Waals surface area (Å²) in [5.74, 6) is 0.426. The summed E-state index contributed by atoms with van der Waals surface area (Å²) in [6.45, 7) is 4.78. The van der Waals surface area contributed by atoms with Gasteiger partial charge in [-0.2, -0.15) is 0 Å². The Morgan fingerprint density at radius 1 is 1.44 bits per heavy atom. The minimum atomic E-state index is -0.592. The first-order chi connectivity index (χ1) is 8.49. The summed E-state index contributed by atoms with van der Waals surface area (Å²) >= 11 is 0. The van der Waals surface area contributed by atoms with Crippen molar-refractivity contribution < 1.29 is 5.11 Å². The van der Waals surface area contributed by atoms with Crippen LogP contribution in [0.4, 0.5) is 5.82 Å². The van der Waals surface area contributed by atoms with E-state index in [1.165, 1.54) is 0 Å². The maximum atomic E-state index is 10.6. The van der Waals surface area contributed by atoms with Crippen LogP contribution in [0, 0.1) is 6.92 Å². The molecule has 1 saturated heterocycles. The summed E-state index contributed by atoms with van der Waals surface area (Å²) < 4.78 is 0. The van der Waals surface area contributed by atoms with Crippen LogP contribution in [0.1, 0.15) is 17.2 Å². The number of piperazine rings is 1. The summed E-state index contributed by atoms with van der Waals surface area (Å²) in [7, 11) is 4.12. The van der Waals surface area contributed by atoms with Gasteiger partial charge < -0.3 is 15.7 Å². The van der Waals surface area contributed by atoms with Crippen LogP contribution < -0.4 is 5.73 Å². The number of aliphatic hydroxyl groups excluding tert-OH is 1. The van der Waals surface area contributed by atoms with Gasteiger partial charge in [0.15, 0.2) is 0 Å². The Labute approximate surface area is 108 Å². The molecule has 0 saturated carbocycles. The third-order valence-electron chi connectivity index (χ3n) is 3.67. The highest BCUT2D eigenvalue weighted by atomic mass is 16.3. The molecule has 0 radical (unpaired) electrons. The first kappa shape index (κ1) is 13.3. The highest BCUT2D eigenvalue weighted by molar-refractivity contribution is 5.43. The number of anilines is 1. The van der Waals surface area contributed by atoms with Gasteiger partial charge in [-0.05, 0) is 32.6 Å². The van der Waals surface area contributed by atoms with Crippen molar-refractivity contribution >= 4 is 5.82 Å². The van der Waals surface area contributed by atoms with E-state index >= 15 is 0 Å². The SMILES string of the molecule is Cc1cnc(N)c(C(O)C2CN(C)CCN2C)c1. The summed E-state index contributed by atoms with van der Waals surface area (Å²) in [6, 6.07) is 1.99. The number of rotatable bonds is 2. The summed E-state index contributed by atoms with van der Waals surface area (Å²) in [5, 5.41) is 10.6. The van der Waals surface area contributed by atoms with Crippen molar-refractivity contribution in [3.63, 3.8) is 0 Å². The first-order valence-electron chi connectivity index (χ1n) is 6.28. The lowest BCUT2D eigenvalue weighted by Crippen LogP contribution is -2.52. The topological polar surface area (TPSA) is 65.6 Å². The van der Waals surface area contributed by atoms with Gasteiger partial charge in [-0.3, -0.25) is 4.90 Å². The molecule has 0 aliphatic carbocycles. The average Bonchev–Trinajstić information content (AvgIpc) is 2.34. The highest BCUT2D eigenvalue weighted by Crippen LogP contribution is 2.26. The van der Waals surface area contributed by atoms with E-state index in [0.717, 1.165) is 30.8 Å². The predicted octanol–water partition coefficient (Wildman–Crippen LogP) is 0.251. The second-order valence-electron chi connectivity index (χ2n) is 5.24. The van der Waals surface area contributed by atoms with Crippen molar-refractivity contribution in [3.05, 3.63) is 23.4 Å². The second-order valence-corrected chi connectivity index (χ2v) is 5.24. The maximum Gasteiger partial charge on any atom is 0.129 e. The van der Waals surface area contributed by atoms with Crippen molar-refractivity contribution in [2.45, 2.75) is 19.1 Å². The van der Waals surface area contributed by atoms with E-state index in [-0.39, 0.29) is 6.04 Å². The molecule has 1 fully saturated rings. The van der Waals surface area contributed by atoms with E-state index in [9.17, 15) is 5.11 Å². The van der Waals surface area contributed by atoms with Crippen LogP contribution in [0.25, 0.3) is 0 Å². The molecule has 1 aromatic rings. The number of pyridine rings is 1. The number of aryl methyl sites for hydroxylation is 1. The molecule has 0 bridgehead atoms. The normalized spacial score (nSPS) is 24.1. The molecule has 1 aliphatic heterocycles. The van der Waals surface area contributed by atoms with Gasteiger partial charge in [-0.1, -0.05) is 0 Å². The lowest BCUT2D eigenvalue weighted by Gasteiger charge is -2.40. The third kappa shape index (κ3) is 2.63. The average molecular weight is 250 g/mol. The monoisotopic (exact) mass is 250 g/mol. The standard InChI is InChI=1S/C13H22N4O/c1-9-6-10(13(14)15-7-9)12(18)11-8-16(2)4-5-17(11)3/h6-7,11-12,18H,4-5,8H2,1-3H3,(H2,14,15). The molecule has 2 heterocycles. The molecule has 2 unspecified atom stereocenters. The predicted molar refractivity (Wildman–Crippen MR) is 72.3 cm³/mol. The van der Waals surface area contributed by atoms with Gasteiger partial charge in [0.1, 0.15) is 5.82 Å². The molecular formula is C13H22N4O. The van der Waals surface area contributed by atoms with Crippen molar-refractivity contribution in [1.29, 1.82) is 0 Å². The van der Waals surface area contributed by atoms with Crippen LogP contribution in [0.2, 0.25) is 0 Å². The highest BCUT2D eigenvalue weighted by Gasteiger charge is 2.30. The zero-order valence-electron chi connectivity index (χ0n) is 11.3. The van der Waals surface area contributed by atoms with Crippen LogP contribution >= 0.6 is 0 Å². The molecule has 5 nitrogen and oxygen atoms in total. The fourth-order valence-electron chi connectivity index (χ4n) is 2.43. The van der Waals surface area contributed by atoms with E-state index in [2.05, 4.69) is 21.8 Å². The quantitative estimate of drug-likeness (QED) is 0.788. The van der Waals surface area contributed by atoms with Gasteiger partial charge in [0.25, 0.3) is 0 Å². The van der Waals surface area contributed by atoms with Gasteiger partial charge in [-0.25, -0.2) is 4.98 Å². The number of nitrogens with two attached hydrogens (primary N) is 1. The van der Waals surface area contributed by atoms with E-state index < -0.39 is 6.10 Å². The van der Waals surface area contributed by atoms with Crippen LogP contribution in [0.15, 0.2) is 12.3 Å². The van der Waals surface area contributed by atoms with Gasteiger partial charge in [0.2, 0.25) is 0 Å². The molecule has 18 heavy (non-hydrogen) atoms. The van der Waals surface area contributed by atoms with E-state index in [1.54, 1.807) is 6.20 Å². The smallest absolute Gasteiger partial charge is 0.129 e. The summed E-state index contributed by atoms with van der Waals surface area (Å²) in [6.07, 6.45) is 1.13. The van der Waals surface area contributed by atoms with Gasteiger partial charge in [-0.15, -0.1) is 0 Å². The maximum absolute atomic E-state index is 10.6. The zero-order valence-corrected chi connectivity index (χ0v) is 11.3. The zero-order chi connectivity index (χ0) is 13.3. The Hall–Kier alpha value is -1.17. The Morgan fingerprint density at radius 2 is 2.17 bits per heavy atom. The van der Waals surface area contributed by atoms with Crippen LogP contribution in [-0.4, -0.2) is 59.7 Å². The van der Waals surface area contributed by atoms with Crippen LogP contribution in [-0.2, 0) is 0 Å². The number of aromatic nitrogens is 1. The molecule has 2 atom stereocenters. The van der Waals surface area contributed by atoms with Crippen LogP contribution in [0.5, 0.6) is 0 Å². The number of likely N-dealkylation sites (N-methyl/N-ethyl adjacent to an activating group) is 2. The number of hydrogen-bond acceptors (Lipinski definition) is 5. The molecule has 0 aromatic carbocycles. The van der Waals surface area contributed by atoms with E-state index in [4.69, 9.17) is 5.73 Å². The Balaban J connectivity index is 2.23. The first-order valence-corrected chi connectivity index (χ1v) is 6.28. The van der Waals surface area contributed by atoms with Crippen molar-refractivity contribution in [2.24, 2.45) is 0 Å². The number of nitrogen functional groups attached to an aromatic ring is 1. The van der Waals surface area contributed by atoms with Gasteiger partial charge in [0, 0.05) is 31.4 Å². The lowest BCUT2D eigenvalue weighted by molar-refractivity contribution is 0.0140. The van der Waals surface area contributed by atoms with Crippen molar-refractivity contribution in [3.8, 4) is 0 Å². The van der Waals surface area contributed by atoms with Crippen LogP contribution in [0.3, 0.4) is 0 Å². The minimum Gasteiger partial charge on any atom is -0.387 e. The van der Waals surface area contributed by atoms with Gasteiger partial charge in [0.05, 0.1) is 12.1 Å². The second kappa shape index (κ2) is 5.22. The van der Waals surface area contributed by atoms with Crippen molar-refractivity contribution in [1.82, 2.24) is 14.8 Å². The molecule has 2 rings (SSSR count). The molecule has 1 aromatic heterocycles. The van der Waals surface area contributed by atoms with Gasteiger partial charge >= 0.3 is 0 Å². The Bertz CT molecular complexity index is 423. The number of hydrogen-bond donors (Lipinski definition) is 2. The molecule has 1 aliphatic rings. The largest absolute Gasteiger partial charge is 0.387 e. The fourth-order valence-corrected chi connectivity index (χ4v) is 2.43. The number of nitrogens with zero attached hydrogens (tertiary/aromatic N) is 3. The Kier molecular flexibility index (Phi) is 3.85. The van der Waals surface area contributed by atoms with Crippen molar-refractivity contribution in [2.75, 3.05) is 39.5 Å². The summed E-state index contributed by atoms with van der Waals surface area (Å²) in [4.78, 5) is 8.54. The summed E-state index contributed by atoms with van der Waals surface area (Å²) in [5.41, 5.74) is 7.63. The fraction of sp³-hybridized carbons (Fsp3) is 0.615. The van der Waals surface area contributed by atoms with E-state index in [0.29, 0.717) is 5.82 Å². The third-order valence-corrected chi connectivity index (χ3v) is 3.67. The molecule has 3 N–H and O–H groups in total. The molecular weight excluding hydrogens is 228 g/mol. The lowest BCUT2D eigenvalue weighted by atomic mass is 9.99. The minimum absolute atomic E-state index is 0.0645. The molecule has 0 spiro atoms. The number of aliphatic hydroxyl groups is 1.